The first-order valence-electron chi connectivity index (χ1n) is 5.99. The highest BCUT2D eigenvalue weighted by molar-refractivity contribution is 6.29. The SMILES string of the molecule is Cc1nc(Cl)cc(-c2cccc(OC3CC3)c2)n1. The first kappa shape index (κ1) is 11.5. The molecule has 0 aliphatic heterocycles. The predicted octanol–water partition coefficient (Wildman–Crippen LogP) is 3.65. The van der Waals surface area contributed by atoms with Crippen molar-refractivity contribution in [1.29, 1.82) is 0 Å². The van der Waals surface area contributed by atoms with Gasteiger partial charge in [-0.15, -0.1) is 0 Å². The van der Waals surface area contributed by atoms with Crippen LogP contribution in [-0.2, 0) is 0 Å². The van der Waals surface area contributed by atoms with Crippen molar-refractivity contribution in [1.82, 2.24) is 9.97 Å². The molecule has 2 aromatic rings. The summed E-state index contributed by atoms with van der Waals surface area (Å²) in [5.74, 6) is 1.56. The van der Waals surface area contributed by atoms with Gasteiger partial charge in [-0.05, 0) is 31.9 Å². The Bertz CT molecular complexity index is 562. The van der Waals surface area contributed by atoms with Gasteiger partial charge in [-0.25, -0.2) is 9.97 Å². The van der Waals surface area contributed by atoms with Gasteiger partial charge in [0, 0.05) is 11.6 Å². The average molecular weight is 261 g/mol. The fraction of sp³-hybridized carbons (Fsp3) is 0.286. The zero-order chi connectivity index (χ0) is 12.5. The number of rotatable bonds is 3. The third-order valence-electron chi connectivity index (χ3n) is 2.76. The summed E-state index contributed by atoms with van der Waals surface area (Å²) in [5, 5.41) is 0.464. The van der Waals surface area contributed by atoms with E-state index in [1.807, 2.05) is 31.2 Å². The number of aromatic nitrogens is 2. The van der Waals surface area contributed by atoms with Crippen molar-refractivity contribution in [2.24, 2.45) is 0 Å². The summed E-state index contributed by atoms with van der Waals surface area (Å²) in [5.41, 5.74) is 1.83. The van der Waals surface area contributed by atoms with E-state index in [-0.39, 0.29) is 0 Å². The molecular weight excluding hydrogens is 248 g/mol. The number of hydrogen-bond donors (Lipinski definition) is 0. The van der Waals surface area contributed by atoms with Crippen LogP contribution in [0.15, 0.2) is 30.3 Å². The zero-order valence-electron chi connectivity index (χ0n) is 10.1. The van der Waals surface area contributed by atoms with Gasteiger partial charge in [-0.1, -0.05) is 23.7 Å². The lowest BCUT2D eigenvalue weighted by molar-refractivity contribution is 0.303. The van der Waals surface area contributed by atoms with E-state index >= 15 is 0 Å². The Balaban J connectivity index is 1.94. The summed E-state index contributed by atoms with van der Waals surface area (Å²) in [6, 6.07) is 9.70. The van der Waals surface area contributed by atoms with E-state index in [4.69, 9.17) is 16.3 Å². The standard InChI is InChI=1S/C14H13ClN2O/c1-9-16-13(8-14(15)17-9)10-3-2-4-12(7-10)18-11-5-6-11/h2-4,7-8,11H,5-6H2,1H3. The van der Waals surface area contributed by atoms with Gasteiger partial charge < -0.3 is 4.74 Å². The predicted molar refractivity (Wildman–Crippen MR) is 70.9 cm³/mol. The second-order valence-corrected chi connectivity index (χ2v) is 4.86. The van der Waals surface area contributed by atoms with Gasteiger partial charge in [-0.3, -0.25) is 0 Å². The maximum atomic E-state index is 5.95. The molecule has 18 heavy (non-hydrogen) atoms. The van der Waals surface area contributed by atoms with Crippen LogP contribution >= 0.6 is 11.6 Å². The highest BCUT2D eigenvalue weighted by Gasteiger charge is 2.23. The summed E-state index contributed by atoms with van der Waals surface area (Å²) in [6.45, 7) is 1.83. The summed E-state index contributed by atoms with van der Waals surface area (Å²) >= 11 is 5.95. The minimum Gasteiger partial charge on any atom is -0.490 e. The Morgan fingerprint density at radius 3 is 2.78 bits per heavy atom. The van der Waals surface area contributed by atoms with Gasteiger partial charge >= 0.3 is 0 Å². The third-order valence-corrected chi connectivity index (χ3v) is 2.96. The first-order valence-corrected chi connectivity index (χ1v) is 6.37. The molecule has 1 saturated carbocycles. The van der Waals surface area contributed by atoms with Crippen molar-refractivity contribution in [2.75, 3.05) is 0 Å². The molecule has 0 spiro atoms. The van der Waals surface area contributed by atoms with Crippen LogP contribution in [0.1, 0.15) is 18.7 Å². The van der Waals surface area contributed by atoms with Crippen LogP contribution in [-0.4, -0.2) is 16.1 Å². The van der Waals surface area contributed by atoms with E-state index in [0.29, 0.717) is 17.1 Å². The van der Waals surface area contributed by atoms with E-state index < -0.39 is 0 Å². The summed E-state index contributed by atoms with van der Waals surface area (Å²) in [4.78, 5) is 8.45. The Hall–Kier alpha value is -1.61. The van der Waals surface area contributed by atoms with E-state index in [9.17, 15) is 0 Å². The van der Waals surface area contributed by atoms with Crippen LogP contribution in [0.5, 0.6) is 5.75 Å². The van der Waals surface area contributed by atoms with Crippen LogP contribution in [0.2, 0.25) is 5.15 Å². The number of benzene rings is 1. The molecule has 1 fully saturated rings. The normalized spacial score (nSPS) is 14.6. The monoisotopic (exact) mass is 260 g/mol. The highest BCUT2D eigenvalue weighted by Crippen LogP contribution is 2.29. The Morgan fingerprint density at radius 1 is 1.22 bits per heavy atom. The molecule has 0 radical (unpaired) electrons. The molecular formula is C14H13ClN2O. The van der Waals surface area contributed by atoms with Crippen molar-refractivity contribution in [3.8, 4) is 17.0 Å². The second kappa shape index (κ2) is 4.58. The van der Waals surface area contributed by atoms with Crippen LogP contribution in [0.4, 0.5) is 0 Å². The summed E-state index contributed by atoms with van der Waals surface area (Å²) < 4.78 is 5.77. The fourth-order valence-electron chi connectivity index (χ4n) is 1.79. The topological polar surface area (TPSA) is 35.0 Å². The van der Waals surface area contributed by atoms with Crippen molar-refractivity contribution in [3.63, 3.8) is 0 Å². The summed E-state index contributed by atoms with van der Waals surface area (Å²) in [7, 11) is 0. The molecule has 3 rings (SSSR count). The number of aryl methyl sites for hydroxylation is 1. The van der Waals surface area contributed by atoms with Crippen LogP contribution in [0, 0.1) is 6.92 Å². The van der Waals surface area contributed by atoms with Gasteiger partial charge in [0.05, 0.1) is 11.8 Å². The number of ether oxygens (including phenoxy) is 1. The number of hydrogen-bond acceptors (Lipinski definition) is 3. The maximum absolute atomic E-state index is 5.95. The minimum absolute atomic E-state index is 0.399. The molecule has 0 bridgehead atoms. The molecule has 92 valence electrons. The molecule has 3 nitrogen and oxygen atoms in total. The summed E-state index contributed by atoms with van der Waals surface area (Å²) in [6.07, 6.45) is 2.71. The molecule has 1 aliphatic rings. The largest absolute Gasteiger partial charge is 0.490 e. The van der Waals surface area contributed by atoms with Crippen LogP contribution < -0.4 is 4.74 Å². The van der Waals surface area contributed by atoms with Crippen molar-refractivity contribution in [2.45, 2.75) is 25.9 Å². The third kappa shape index (κ3) is 2.62. The molecule has 0 unspecified atom stereocenters. The number of nitrogens with zero attached hydrogens (tertiary/aromatic N) is 2. The Kier molecular flexibility index (Phi) is 2.92. The maximum Gasteiger partial charge on any atom is 0.133 e. The lowest BCUT2D eigenvalue weighted by Crippen LogP contribution is -1.96. The van der Waals surface area contributed by atoms with Crippen LogP contribution in [0.3, 0.4) is 0 Å². The van der Waals surface area contributed by atoms with Crippen LogP contribution in [0.25, 0.3) is 11.3 Å². The smallest absolute Gasteiger partial charge is 0.133 e. The number of halogens is 1. The van der Waals surface area contributed by atoms with Gasteiger partial charge in [-0.2, -0.15) is 0 Å². The van der Waals surface area contributed by atoms with E-state index in [0.717, 1.165) is 29.8 Å². The lowest BCUT2D eigenvalue weighted by Gasteiger charge is -2.07. The second-order valence-electron chi connectivity index (χ2n) is 4.47. The van der Waals surface area contributed by atoms with E-state index in [2.05, 4.69) is 9.97 Å². The zero-order valence-corrected chi connectivity index (χ0v) is 10.8. The Labute approximate surface area is 111 Å². The highest BCUT2D eigenvalue weighted by atomic mass is 35.5. The van der Waals surface area contributed by atoms with Gasteiger partial charge in [0.2, 0.25) is 0 Å². The molecule has 1 aromatic heterocycles. The van der Waals surface area contributed by atoms with Gasteiger partial charge in [0.15, 0.2) is 0 Å². The van der Waals surface area contributed by atoms with E-state index in [1.165, 1.54) is 0 Å². The molecule has 1 aromatic carbocycles. The molecule has 0 N–H and O–H groups in total. The molecule has 0 saturated heterocycles. The molecule has 1 aliphatic carbocycles. The van der Waals surface area contributed by atoms with Crippen molar-refractivity contribution in [3.05, 3.63) is 41.3 Å². The molecule has 1 heterocycles. The van der Waals surface area contributed by atoms with Gasteiger partial charge in [0.1, 0.15) is 16.7 Å². The molecule has 0 atom stereocenters. The molecule has 0 amide bonds. The Morgan fingerprint density at radius 2 is 2.06 bits per heavy atom. The van der Waals surface area contributed by atoms with Gasteiger partial charge in [0.25, 0.3) is 0 Å². The molecule has 4 heteroatoms. The average Bonchev–Trinajstić information content (AvgIpc) is 3.12. The minimum atomic E-state index is 0.399. The first-order chi connectivity index (χ1) is 8.70. The van der Waals surface area contributed by atoms with Crippen molar-refractivity contribution >= 4 is 11.6 Å². The van der Waals surface area contributed by atoms with E-state index in [1.54, 1.807) is 6.07 Å². The van der Waals surface area contributed by atoms with Crippen molar-refractivity contribution < 1.29 is 4.74 Å². The quantitative estimate of drug-likeness (QED) is 0.790. The fourth-order valence-corrected chi connectivity index (χ4v) is 2.01. The lowest BCUT2D eigenvalue weighted by atomic mass is 10.1.